The van der Waals surface area contributed by atoms with E-state index in [1.54, 1.807) is 25.3 Å². The number of amides is 2. The zero-order valence-electron chi connectivity index (χ0n) is 16.5. The largest absolute Gasteiger partial charge is 0.489 e. The van der Waals surface area contributed by atoms with Crippen LogP contribution in [0.3, 0.4) is 0 Å². The van der Waals surface area contributed by atoms with Gasteiger partial charge in [0.1, 0.15) is 12.4 Å². The van der Waals surface area contributed by atoms with E-state index >= 15 is 0 Å². The Morgan fingerprint density at radius 1 is 1.32 bits per heavy atom. The Balaban J connectivity index is 1.64. The van der Waals surface area contributed by atoms with E-state index in [0.717, 1.165) is 5.69 Å². The second-order valence-electron chi connectivity index (χ2n) is 7.32. The van der Waals surface area contributed by atoms with Crippen LogP contribution in [0.2, 0.25) is 0 Å². The fourth-order valence-corrected chi connectivity index (χ4v) is 3.56. The van der Waals surface area contributed by atoms with Crippen LogP contribution < -0.4 is 15.0 Å². The zero-order chi connectivity index (χ0) is 20.1. The standard InChI is InChI=1S/C20H29N3O5/c1-22-15(12-19(25)23-8-5-16(24)6-9-23)13-28-18-4-3-14(11-17(18)22)20(26)21-7-10-27-2/h3-4,11,15-16,24H,5-10,12-13H2,1-2H3,(H,21,26). The Hall–Kier alpha value is -2.32. The number of hydrogen-bond donors (Lipinski definition) is 2. The smallest absolute Gasteiger partial charge is 0.251 e. The maximum atomic E-state index is 12.6. The van der Waals surface area contributed by atoms with Crippen molar-refractivity contribution in [2.45, 2.75) is 31.4 Å². The number of hydrogen-bond acceptors (Lipinski definition) is 6. The molecule has 3 rings (SSSR count). The van der Waals surface area contributed by atoms with E-state index in [-0.39, 0.29) is 24.0 Å². The van der Waals surface area contributed by atoms with Gasteiger partial charge in [0.2, 0.25) is 5.91 Å². The van der Waals surface area contributed by atoms with Crippen LogP contribution in [-0.2, 0) is 9.53 Å². The lowest BCUT2D eigenvalue weighted by Crippen LogP contribution is -2.47. The highest BCUT2D eigenvalue weighted by atomic mass is 16.5. The van der Waals surface area contributed by atoms with Crippen molar-refractivity contribution < 1.29 is 24.2 Å². The monoisotopic (exact) mass is 391 g/mol. The number of carbonyl (C=O) groups excluding carboxylic acids is 2. The second kappa shape index (κ2) is 9.25. The molecule has 8 nitrogen and oxygen atoms in total. The number of fused-ring (bicyclic) bond motifs is 1. The molecule has 154 valence electrons. The molecule has 1 fully saturated rings. The lowest BCUT2D eigenvalue weighted by molar-refractivity contribution is -0.133. The first-order valence-corrected chi connectivity index (χ1v) is 9.72. The van der Waals surface area contributed by atoms with Crippen molar-refractivity contribution in [2.24, 2.45) is 0 Å². The number of benzene rings is 1. The number of piperidine rings is 1. The van der Waals surface area contributed by atoms with Crippen molar-refractivity contribution in [3.63, 3.8) is 0 Å². The van der Waals surface area contributed by atoms with E-state index < -0.39 is 0 Å². The van der Waals surface area contributed by atoms with E-state index in [1.165, 1.54) is 0 Å². The molecule has 1 unspecified atom stereocenters. The predicted molar refractivity (Wildman–Crippen MR) is 105 cm³/mol. The van der Waals surface area contributed by atoms with Gasteiger partial charge in [0.05, 0.1) is 30.9 Å². The van der Waals surface area contributed by atoms with Gasteiger partial charge in [-0.1, -0.05) is 0 Å². The fraction of sp³-hybridized carbons (Fsp3) is 0.600. The molecule has 2 N–H and O–H groups in total. The van der Waals surface area contributed by atoms with Crippen molar-refractivity contribution in [2.75, 3.05) is 51.9 Å². The lowest BCUT2D eigenvalue weighted by atomic mass is 10.0. The molecule has 1 aromatic carbocycles. The summed E-state index contributed by atoms with van der Waals surface area (Å²) in [5.41, 5.74) is 1.35. The molecule has 2 heterocycles. The summed E-state index contributed by atoms with van der Waals surface area (Å²) in [4.78, 5) is 28.8. The number of ether oxygens (including phenoxy) is 2. The van der Waals surface area contributed by atoms with Gasteiger partial charge < -0.3 is 29.7 Å². The molecule has 1 atom stereocenters. The zero-order valence-corrected chi connectivity index (χ0v) is 16.5. The molecule has 1 aromatic rings. The molecule has 0 aromatic heterocycles. The third-order valence-corrected chi connectivity index (χ3v) is 5.40. The van der Waals surface area contributed by atoms with Gasteiger partial charge in [-0.2, -0.15) is 0 Å². The minimum absolute atomic E-state index is 0.0734. The molecule has 0 aliphatic carbocycles. The maximum absolute atomic E-state index is 12.6. The molecule has 28 heavy (non-hydrogen) atoms. The van der Waals surface area contributed by atoms with Crippen LogP contribution in [0.1, 0.15) is 29.6 Å². The molecule has 1 saturated heterocycles. The third kappa shape index (κ3) is 4.74. The molecule has 8 heteroatoms. The van der Waals surface area contributed by atoms with Crippen LogP contribution in [0.25, 0.3) is 0 Å². The summed E-state index contributed by atoms with van der Waals surface area (Å²) in [5, 5.41) is 12.4. The summed E-state index contributed by atoms with van der Waals surface area (Å²) in [5.74, 6) is 0.614. The lowest BCUT2D eigenvalue weighted by Gasteiger charge is -2.37. The highest BCUT2D eigenvalue weighted by Crippen LogP contribution is 2.34. The summed E-state index contributed by atoms with van der Waals surface area (Å²) >= 11 is 0. The highest BCUT2D eigenvalue weighted by molar-refractivity contribution is 5.95. The number of nitrogens with zero attached hydrogens (tertiary/aromatic N) is 2. The van der Waals surface area contributed by atoms with E-state index in [2.05, 4.69) is 5.32 Å². The van der Waals surface area contributed by atoms with E-state index in [9.17, 15) is 14.7 Å². The number of likely N-dealkylation sites (tertiary alicyclic amines) is 1. The first kappa shape index (κ1) is 20.4. The average Bonchev–Trinajstić information content (AvgIpc) is 2.70. The third-order valence-electron chi connectivity index (χ3n) is 5.40. The summed E-state index contributed by atoms with van der Waals surface area (Å²) in [7, 11) is 3.51. The van der Waals surface area contributed by atoms with Crippen LogP contribution >= 0.6 is 0 Å². The molecular formula is C20H29N3O5. The molecule has 0 bridgehead atoms. The summed E-state index contributed by atoms with van der Waals surface area (Å²) in [6.07, 6.45) is 1.31. The summed E-state index contributed by atoms with van der Waals surface area (Å²) < 4.78 is 10.8. The number of methoxy groups -OCH3 is 1. The number of rotatable bonds is 6. The van der Waals surface area contributed by atoms with Gasteiger partial charge in [-0.15, -0.1) is 0 Å². The van der Waals surface area contributed by atoms with Crippen LogP contribution in [0.4, 0.5) is 5.69 Å². The van der Waals surface area contributed by atoms with Gasteiger partial charge in [-0.05, 0) is 31.0 Å². The Morgan fingerprint density at radius 3 is 2.79 bits per heavy atom. The van der Waals surface area contributed by atoms with Crippen LogP contribution in [0, 0.1) is 0 Å². The maximum Gasteiger partial charge on any atom is 0.251 e. The Kier molecular flexibility index (Phi) is 6.74. The minimum atomic E-state index is -0.301. The predicted octanol–water partition coefficient (Wildman–Crippen LogP) is 0.633. The summed E-state index contributed by atoms with van der Waals surface area (Å²) in [6.45, 7) is 2.52. The highest BCUT2D eigenvalue weighted by Gasteiger charge is 2.30. The van der Waals surface area contributed by atoms with Crippen LogP contribution in [0.15, 0.2) is 18.2 Å². The number of anilines is 1. The molecule has 0 radical (unpaired) electrons. The van der Waals surface area contributed by atoms with Gasteiger partial charge in [0.15, 0.2) is 0 Å². The number of carbonyl (C=O) groups is 2. The van der Waals surface area contributed by atoms with Gasteiger partial charge in [-0.25, -0.2) is 0 Å². The number of aliphatic hydroxyl groups is 1. The number of likely N-dealkylation sites (N-methyl/N-ethyl adjacent to an activating group) is 1. The normalized spacial score (nSPS) is 19.8. The second-order valence-corrected chi connectivity index (χ2v) is 7.32. The Morgan fingerprint density at radius 2 is 2.07 bits per heavy atom. The van der Waals surface area contributed by atoms with Crippen molar-refractivity contribution in [1.82, 2.24) is 10.2 Å². The molecule has 0 spiro atoms. The van der Waals surface area contributed by atoms with Crippen molar-refractivity contribution in [3.05, 3.63) is 23.8 Å². The van der Waals surface area contributed by atoms with E-state index in [0.29, 0.717) is 63.4 Å². The van der Waals surface area contributed by atoms with Gasteiger partial charge in [0.25, 0.3) is 5.91 Å². The quantitative estimate of drug-likeness (QED) is 0.692. The first-order chi connectivity index (χ1) is 13.5. The first-order valence-electron chi connectivity index (χ1n) is 9.72. The minimum Gasteiger partial charge on any atom is -0.489 e. The molecule has 2 amide bonds. The Bertz CT molecular complexity index is 703. The van der Waals surface area contributed by atoms with Gasteiger partial charge in [-0.3, -0.25) is 9.59 Å². The molecular weight excluding hydrogens is 362 g/mol. The molecule has 0 saturated carbocycles. The fourth-order valence-electron chi connectivity index (χ4n) is 3.56. The molecule has 2 aliphatic heterocycles. The van der Waals surface area contributed by atoms with Crippen molar-refractivity contribution >= 4 is 17.5 Å². The number of aliphatic hydroxyl groups excluding tert-OH is 1. The summed E-state index contributed by atoms with van der Waals surface area (Å²) in [6, 6.07) is 5.23. The van der Waals surface area contributed by atoms with Gasteiger partial charge >= 0.3 is 0 Å². The van der Waals surface area contributed by atoms with E-state index in [1.807, 2.05) is 16.8 Å². The number of nitrogens with one attached hydrogen (secondary N) is 1. The average molecular weight is 391 g/mol. The van der Waals surface area contributed by atoms with Crippen molar-refractivity contribution in [3.8, 4) is 5.75 Å². The van der Waals surface area contributed by atoms with Crippen LogP contribution in [-0.4, -0.2) is 81.0 Å². The molecule has 2 aliphatic rings. The SMILES string of the molecule is COCCNC(=O)c1ccc2c(c1)N(C)C(CC(=O)N1CCC(O)CC1)CO2. The van der Waals surface area contributed by atoms with Crippen molar-refractivity contribution in [1.29, 1.82) is 0 Å². The van der Waals surface area contributed by atoms with Gasteiger partial charge in [0, 0.05) is 39.4 Å². The topological polar surface area (TPSA) is 91.3 Å². The van der Waals surface area contributed by atoms with Crippen LogP contribution in [0.5, 0.6) is 5.75 Å². The van der Waals surface area contributed by atoms with E-state index in [4.69, 9.17) is 9.47 Å². The Labute approximate surface area is 165 Å².